The smallest absolute Gasteiger partial charge is 0.196 e. The molecular formula is C24H18ClN5S. The number of nitrogens with zero attached hydrogens (tertiary/aromatic N) is 5. The molecule has 0 aliphatic carbocycles. The number of halogens is 1. The highest BCUT2D eigenvalue weighted by Gasteiger charge is 2.18. The van der Waals surface area contributed by atoms with Gasteiger partial charge in [-0.15, -0.1) is 10.2 Å². The number of benzene rings is 2. The lowest BCUT2D eigenvalue weighted by Gasteiger charge is -2.13. The van der Waals surface area contributed by atoms with Crippen molar-refractivity contribution in [2.24, 2.45) is 0 Å². The number of thioether (sulfide) groups is 1. The van der Waals surface area contributed by atoms with Crippen LogP contribution in [0.4, 0.5) is 0 Å². The van der Waals surface area contributed by atoms with Gasteiger partial charge in [-0.2, -0.15) is 0 Å². The summed E-state index contributed by atoms with van der Waals surface area (Å²) in [5.41, 5.74) is 5.20. The zero-order chi connectivity index (χ0) is 21.2. The van der Waals surface area contributed by atoms with Crippen molar-refractivity contribution in [3.63, 3.8) is 0 Å². The van der Waals surface area contributed by atoms with Gasteiger partial charge in [0.15, 0.2) is 11.0 Å². The van der Waals surface area contributed by atoms with E-state index in [4.69, 9.17) is 11.6 Å². The molecule has 5 nitrogen and oxygen atoms in total. The number of rotatable bonds is 5. The summed E-state index contributed by atoms with van der Waals surface area (Å²) in [6.07, 6.45) is 5.33. The van der Waals surface area contributed by atoms with Crippen LogP contribution in [0, 0.1) is 6.92 Å². The van der Waals surface area contributed by atoms with Crippen molar-refractivity contribution in [1.29, 1.82) is 0 Å². The molecule has 0 aliphatic rings. The van der Waals surface area contributed by atoms with Crippen molar-refractivity contribution >= 4 is 34.3 Å². The van der Waals surface area contributed by atoms with Gasteiger partial charge in [0.05, 0.1) is 11.2 Å². The Balaban J connectivity index is 1.57. The van der Waals surface area contributed by atoms with E-state index in [1.807, 2.05) is 48.5 Å². The van der Waals surface area contributed by atoms with E-state index < -0.39 is 0 Å². The van der Waals surface area contributed by atoms with E-state index in [9.17, 15) is 0 Å². The normalized spacial score (nSPS) is 11.2. The lowest BCUT2D eigenvalue weighted by molar-refractivity contribution is 0.880. The topological polar surface area (TPSA) is 56.5 Å². The SMILES string of the molecule is Cc1ccccc1-n1c(SCc2ccc(Cl)c3cccnc23)nnc1-c1ccncc1. The van der Waals surface area contributed by atoms with Crippen molar-refractivity contribution in [3.05, 3.63) is 95.4 Å². The first-order valence-corrected chi connectivity index (χ1v) is 11.2. The van der Waals surface area contributed by atoms with Gasteiger partial charge >= 0.3 is 0 Å². The third-order valence-corrected chi connectivity index (χ3v) is 6.39. The van der Waals surface area contributed by atoms with E-state index in [1.54, 1.807) is 30.4 Å². The van der Waals surface area contributed by atoms with Crippen LogP contribution in [0.3, 0.4) is 0 Å². The van der Waals surface area contributed by atoms with Crippen molar-refractivity contribution in [1.82, 2.24) is 24.7 Å². The van der Waals surface area contributed by atoms with E-state index >= 15 is 0 Å². The fraction of sp³-hybridized carbons (Fsp3) is 0.0833. The van der Waals surface area contributed by atoms with Crippen molar-refractivity contribution < 1.29 is 0 Å². The molecule has 3 heterocycles. The largest absolute Gasteiger partial charge is 0.270 e. The zero-order valence-electron chi connectivity index (χ0n) is 16.7. The first-order valence-electron chi connectivity index (χ1n) is 9.79. The first-order chi connectivity index (χ1) is 15.2. The molecule has 5 aromatic rings. The quantitative estimate of drug-likeness (QED) is 0.306. The fourth-order valence-electron chi connectivity index (χ4n) is 3.54. The summed E-state index contributed by atoms with van der Waals surface area (Å²) >= 11 is 7.99. The van der Waals surface area contributed by atoms with Crippen LogP contribution in [-0.4, -0.2) is 24.7 Å². The average molecular weight is 444 g/mol. The van der Waals surface area contributed by atoms with Gasteiger partial charge in [0.25, 0.3) is 0 Å². The maximum Gasteiger partial charge on any atom is 0.196 e. The lowest BCUT2D eigenvalue weighted by atomic mass is 10.1. The number of hydrogen-bond donors (Lipinski definition) is 0. The molecule has 31 heavy (non-hydrogen) atoms. The van der Waals surface area contributed by atoms with Crippen molar-refractivity contribution in [3.8, 4) is 17.1 Å². The van der Waals surface area contributed by atoms with Gasteiger partial charge in [0.2, 0.25) is 0 Å². The van der Waals surface area contributed by atoms with E-state index in [1.165, 1.54) is 0 Å². The molecule has 0 atom stereocenters. The minimum Gasteiger partial charge on any atom is -0.270 e. The number of aryl methyl sites for hydroxylation is 1. The number of aromatic nitrogens is 5. The van der Waals surface area contributed by atoms with Crippen LogP contribution in [0.1, 0.15) is 11.1 Å². The van der Waals surface area contributed by atoms with E-state index in [2.05, 4.69) is 43.8 Å². The molecule has 0 saturated carbocycles. The molecule has 0 bridgehead atoms. The zero-order valence-corrected chi connectivity index (χ0v) is 18.3. The summed E-state index contributed by atoms with van der Waals surface area (Å²) in [5, 5.41) is 11.5. The predicted octanol–water partition coefficient (Wildman–Crippen LogP) is 6.13. The maximum atomic E-state index is 6.36. The first kappa shape index (κ1) is 19.7. The van der Waals surface area contributed by atoms with Gasteiger partial charge in [-0.3, -0.25) is 14.5 Å². The number of para-hydroxylation sites is 1. The van der Waals surface area contributed by atoms with Gasteiger partial charge in [-0.1, -0.05) is 47.6 Å². The standard InChI is InChI=1S/C24H18ClN5S/c1-16-5-2-3-7-21(16)30-23(17-10-13-26-14-11-17)28-29-24(30)31-15-18-8-9-20(25)19-6-4-12-27-22(18)19/h2-14H,15H2,1H3. The third kappa shape index (κ3) is 3.80. The van der Waals surface area contributed by atoms with Crippen LogP contribution in [0.15, 0.2) is 84.4 Å². The Kier molecular flexibility index (Phi) is 5.40. The summed E-state index contributed by atoms with van der Waals surface area (Å²) in [5.74, 6) is 1.49. The molecular weight excluding hydrogens is 426 g/mol. The minimum absolute atomic E-state index is 0.699. The molecule has 7 heteroatoms. The van der Waals surface area contributed by atoms with E-state index in [0.717, 1.165) is 44.3 Å². The monoisotopic (exact) mass is 443 g/mol. The van der Waals surface area contributed by atoms with Gasteiger partial charge in [-0.25, -0.2) is 0 Å². The molecule has 0 N–H and O–H groups in total. The van der Waals surface area contributed by atoms with Crippen molar-refractivity contribution in [2.75, 3.05) is 0 Å². The fourth-order valence-corrected chi connectivity index (χ4v) is 4.68. The molecule has 152 valence electrons. The molecule has 0 spiro atoms. The molecule has 3 aromatic heterocycles. The highest BCUT2D eigenvalue weighted by atomic mass is 35.5. The Morgan fingerprint density at radius 2 is 1.74 bits per heavy atom. The van der Waals surface area contributed by atoms with Crippen LogP contribution in [0.2, 0.25) is 5.02 Å². The molecule has 0 unspecified atom stereocenters. The average Bonchev–Trinajstić information content (AvgIpc) is 3.23. The van der Waals surface area contributed by atoms with Gasteiger partial charge in [-0.05, 0) is 54.4 Å². The Labute approximate surface area is 189 Å². The van der Waals surface area contributed by atoms with Crippen LogP contribution >= 0.6 is 23.4 Å². The second kappa shape index (κ2) is 8.49. The van der Waals surface area contributed by atoms with Crippen LogP contribution in [-0.2, 0) is 5.75 Å². The van der Waals surface area contributed by atoms with E-state index in [-0.39, 0.29) is 0 Å². The second-order valence-electron chi connectivity index (χ2n) is 7.06. The molecule has 0 radical (unpaired) electrons. The van der Waals surface area contributed by atoms with Gasteiger partial charge in [0, 0.05) is 40.3 Å². The summed E-state index contributed by atoms with van der Waals surface area (Å²) in [6, 6.07) is 20.0. The van der Waals surface area contributed by atoms with Gasteiger partial charge in [0.1, 0.15) is 0 Å². The third-order valence-electron chi connectivity index (χ3n) is 5.09. The molecule has 0 fully saturated rings. The number of fused-ring (bicyclic) bond motifs is 1. The lowest BCUT2D eigenvalue weighted by Crippen LogP contribution is -2.02. The van der Waals surface area contributed by atoms with E-state index in [0.29, 0.717) is 10.8 Å². The molecule has 2 aromatic carbocycles. The van der Waals surface area contributed by atoms with Crippen LogP contribution in [0.25, 0.3) is 28.0 Å². The summed E-state index contributed by atoms with van der Waals surface area (Å²) in [4.78, 5) is 8.68. The van der Waals surface area contributed by atoms with Crippen LogP contribution < -0.4 is 0 Å². The van der Waals surface area contributed by atoms with Crippen LogP contribution in [0.5, 0.6) is 0 Å². The predicted molar refractivity (Wildman–Crippen MR) is 126 cm³/mol. The Morgan fingerprint density at radius 1 is 0.903 bits per heavy atom. The summed E-state index contributed by atoms with van der Waals surface area (Å²) in [7, 11) is 0. The highest BCUT2D eigenvalue weighted by Crippen LogP contribution is 2.33. The second-order valence-corrected chi connectivity index (χ2v) is 8.41. The van der Waals surface area contributed by atoms with Crippen molar-refractivity contribution in [2.45, 2.75) is 17.8 Å². The summed E-state index contributed by atoms with van der Waals surface area (Å²) < 4.78 is 2.11. The summed E-state index contributed by atoms with van der Waals surface area (Å²) in [6.45, 7) is 2.09. The molecule has 0 saturated heterocycles. The Bertz CT molecular complexity index is 1370. The number of hydrogen-bond acceptors (Lipinski definition) is 5. The van der Waals surface area contributed by atoms with Gasteiger partial charge < -0.3 is 0 Å². The minimum atomic E-state index is 0.699. The molecule has 5 rings (SSSR count). The molecule has 0 amide bonds. The Morgan fingerprint density at radius 3 is 2.58 bits per heavy atom. The molecule has 0 aliphatic heterocycles. The number of pyridine rings is 2. The highest BCUT2D eigenvalue weighted by molar-refractivity contribution is 7.98. The Hall–Kier alpha value is -3.22. The maximum absolute atomic E-state index is 6.36.